The number of para-hydroxylation sites is 1. The lowest BCUT2D eigenvalue weighted by Gasteiger charge is -2.38. The van der Waals surface area contributed by atoms with Gasteiger partial charge in [0.25, 0.3) is 11.8 Å². The fourth-order valence-electron chi connectivity index (χ4n) is 5.02. The molecular formula is C32H33FN4O6S2. The Hall–Kier alpha value is -4.17. The minimum Gasteiger partial charge on any atom is -0.486 e. The molecule has 3 aromatic carbocycles. The maximum absolute atomic E-state index is 13.8. The maximum Gasteiger partial charge on any atom is 0.258 e. The molecule has 45 heavy (non-hydrogen) atoms. The number of benzene rings is 3. The zero-order chi connectivity index (χ0) is 32.3. The van der Waals surface area contributed by atoms with Gasteiger partial charge in [0.2, 0.25) is 10.0 Å². The number of anilines is 1. The summed E-state index contributed by atoms with van der Waals surface area (Å²) in [5.41, 5.74) is 1.63. The Bertz CT molecular complexity index is 1770. The van der Waals surface area contributed by atoms with Crippen LogP contribution < -0.4 is 10.1 Å². The van der Waals surface area contributed by atoms with E-state index in [1.54, 1.807) is 55.6 Å². The summed E-state index contributed by atoms with van der Waals surface area (Å²) in [7, 11) is -2.62. The molecule has 1 aromatic heterocycles. The Morgan fingerprint density at radius 3 is 2.53 bits per heavy atom. The van der Waals surface area contributed by atoms with Crippen LogP contribution in [0.15, 0.2) is 83.2 Å². The van der Waals surface area contributed by atoms with Crippen LogP contribution in [0.5, 0.6) is 5.75 Å². The minimum absolute atomic E-state index is 0.0789. The molecule has 4 aromatic rings. The SMILES string of the molecule is C[C@@H]1CN([C@@H](C)CO)C(=O)c2cccc(NC(=O)c3ccc(-c4nccs4)cc3)c2O[C@H]1CN(C)S(=O)(=O)c1ccc(F)cc1. The Morgan fingerprint density at radius 1 is 1.18 bits per heavy atom. The molecule has 0 saturated heterocycles. The van der Waals surface area contributed by atoms with Gasteiger partial charge in [0.1, 0.15) is 16.9 Å². The number of nitrogens with zero attached hydrogens (tertiary/aromatic N) is 3. The van der Waals surface area contributed by atoms with Crippen molar-refractivity contribution in [2.45, 2.75) is 30.9 Å². The molecule has 0 radical (unpaired) electrons. The first-order valence-electron chi connectivity index (χ1n) is 14.2. The smallest absolute Gasteiger partial charge is 0.258 e. The number of thiazole rings is 1. The highest BCUT2D eigenvalue weighted by Gasteiger charge is 2.36. The number of hydrogen-bond donors (Lipinski definition) is 2. The summed E-state index contributed by atoms with van der Waals surface area (Å²) in [5, 5.41) is 15.5. The van der Waals surface area contributed by atoms with E-state index in [1.807, 2.05) is 12.3 Å². The van der Waals surface area contributed by atoms with E-state index in [1.165, 1.54) is 35.4 Å². The molecule has 0 unspecified atom stereocenters. The number of aliphatic hydroxyl groups is 1. The molecule has 236 valence electrons. The lowest BCUT2D eigenvalue weighted by Crippen LogP contribution is -2.50. The van der Waals surface area contributed by atoms with Crippen molar-refractivity contribution < 1.29 is 32.2 Å². The quantitative estimate of drug-likeness (QED) is 0.267. The summed E-state index contributed by atoms with van der Waals surface area (Å²) in [4.78, 5) is 32.9. The molecule has 3 atom stereocenters. The van der Waals surface area contributed by atoms with Gasteiger partial charge in [0, 0.05) is 42.2 Å². The third-order valence-electron chi connectivity index (χ3n) is 7.72. The maximum atomic E-state index is 13.8. The van der Waals surface area contributed by atoms with Crippen molar-refractivity contribution in [1.29, 1.82) is 0 Å². The Morgan fingerprint density at radius 2 is 1.89 bits per heavy atom. The van der Waals surface area contributed by atoms with Gasteiger partial charge in [-0.25, -0.2) is 17.8 Å². The second kappa shape index (κ2) is 13.4. The molecule has 5 rings (SSSR count). The fourth-order valence-corrected chi connectivity index (χ4v) is 6.85. The van der Waals surface area contributed by atoms with Gasteiger partial charge in [0.05, 0.1) is 35.3 Å². The van der Waals surface area contributed by atoms with Crippen LogP contribution in [-0.2, 0) is 10.0 Å². The number of nitrogens with one attached hydrogen (secondary N) is 1. The summed E-state index contributed by atoms with van der Waals surface area (Å²) in [6, 6.07) is 15.7. The number of halogens is 1. The molecule has 2 amide bonds. The summed E-state index contributed by atoms with van der Waals surface area (Å²) in [5.74, 6) is -1.70. The molecule has 10 nitrogen and oxygen atoms in total. The van der Waals surface area contributed by atoms with Crippen LogP contribution in [0.3, 0.4) is 0 Å². The van der Waals surface area contributed by atoms with E-state index in [-0.39, 0.29) is 41.6 Å². The highest BCUT2D eigenvalue weighted by molar-refractivity contribution is 7.89. The van der Waals surface area contributed by atoms with Gasteiger partial charge in [-0.15, -0.1) is 11.3 Å². The fraction of sp³-hybridized carbons (Fsp3) is 0.281. The third kappa shape index (κ3) is 6.91. The number of sulfonamides is 1. The molecule has 0 saturated carbocycles. The van der Waals surface area contributed by atoms with E-state index < -0.39 is 45.7 Å². The lowest BCUT2D eigenvalue weighted by atomic mass is 9.99. The molecule has 2 N–H and O–H groups in total. The third-order valence-corrected chi connectivity index (χ3v) is 10.4. The number of aliphatic hydroxyl groups excluding tert-OH is 1. The van der Waals surface area contributed by atoms with Crippen molar-refractivity contribution in [3.63, 3.8) is 0 Å². The largest absolute Gasteiger partial charge is 0.486 e. The molecule has 1 aliphatic heterocycles. The zero-order valence-electron chi connectivity index (χ0n) is 24.9. The highest BCUT2D eigenvalue weighted by atomic mass is 32.2. The van der Waals surface area contributed by atoms with E-state index in [0.29, 0.717) is 5.56 Å². The number of hydrogen-bond acceptors (Lipinski definition) is 8. The van der Waals surface area contributed by atoms with E-state index in [0.717, 1.165) is 27.0 Å². The van der Waals surface area contributed by atoms with Crippen LogP contribution in [-0.4, -0.2) is 78.4 Å². The normalized spacial score (nSPS) is 17.6. The van der Waals surface area contributed by atoms with Gasteiger partial charge < -0.3 is 20.1 Å². The van der Waals surface area contributed by atoms with Crippen molar-refractivity contribution in [1.82, 2.24) is 14.2 Å². The second-order valence-electron chi connectivity index (χ2n) is 10.9. The van der Waals surface area contributed by atoms with Gasteiger partial charge in [-0.1, -0.05) is 25.1 Å². The number of rotatable bonds is 9. The summed E-state index contributed by atoms with van der Waals surface area (Å²) in [6.45, 7) is 3.32. The van der Waals surface area contributed by atoms with Crippen LogP contribution in [0.1, 0.15) is 34.6 Å². The molecule has 0 bridgehead atoms. The average Bonchev–Trinajstić information content (AvgIpc) is 3.58. The summed E-state index contributed by atoms with van der Waals surface area (Å²) >= 11 is 1.49. The molecule has 0 aliphatic carbocycles. The number of likely N-dealkylation sites (N-methyl/N-ethyl adjacent to an activating group) is 1. The summed E-state index contributed by atoms with van der Waals surface area (Å²) < 4.78 is 47.8. The molecule has 2 heterocycles. The molecule has 0 fully saturated rings. The standard InChI is InChI=1S/C32H33FN4O6S2/c1-20-17-37(21(2)19-38)32(40)26-5-4-6-27(35-30(39)22-7-9-23(10-8-22)31-34-15-16-44-31)29(26)43-28(20)18-36(3)45(41,42)25-13-11-24(33)12-14-25/h4-16,20-21,28,38H,17-19H2,1-3H3,(H,35,39)/t20-,21+,28+/m1/s1. The van der Waals surface area contributed by atoms with Crippen molar-refractivity contribution in [3.05, 3.63) is 95.3 Å². The Kier molecular flexibility index (Phi) is 9.63. The predicted octanol–water partition coefficient (Wildman–Crippen LogP) is 4.74. The van der Waals surface area contributed by atoms with E-state index in [2.05, 4.69) is 10.3 Å². The average molecular weight is 653 g/mol. The number of amides is 2. The van der Waals surface area contributed by atoms with Crippen molar-refractivity contribution in [2.24, 2.45) is 5.92 Å². The Labute approximate surface area is 265 Å². The van der Waals surface area contributed by atoms with Gasteiger partial charge in [-0.2, -0.15) is 4.31 Å². The molecule has 1 aliphatic rings. The van der Waals surface area contributed by atoms with Crippen molar-refractivity contribution in [3.8, 4) is 16.3 Å². The number of fused-ring (bicyclic) bond motifs is 1. The number of carbonyl (C=O) groups excluding carboxylic acids is 2. The minimum atomic E-state index is -4.01. The van der Waals surface area contributed by atoms with Crippen LogP contribution >= 0.6 is 11.3 Å². The highest BCUT2D eigenvalue weighted by Crippen LogP contribution is 2.35. The van der Waals surface area contributed by atoms with Gasteiger partial charge in [0.15, 0.2) is 5.75 Å². The van der Waals surface area contributed by atoms with Crippen LogP contribution in [0.25, 0.3) is 10.6 Å². The van der Waals surface area contributed by atoms with Crippen molar-refractivity contribution >= 4 is 38.9 Å². The summed E-state index contributed by atoms with van der Waals surface area (Å²) in [6.07, 6.45) is 0.929. The van der Waals surface area contributed by atoms with Gasteiger partial charge >= 0.3 is 0 Å². The number of carbonyl (C=O) groups is 2. The van der Waals surface area contributed by atoms with E-state index >= 15 is 0 Å². The molecule has 0 spiro atoms. The van der Waals surface area contributed by atoms with Gasteiger partial charge in [-0.3, -0.25) is 9.59 Å². The molecular weight excluding hydrogens is 620 g/mol. The van der Waals surface area contributed by atoms with Crippen LogP contribution in [0, 0.1) is 11.7 Å². The van der Waals surface area contributed by atoms with Crippen LogP contribution in [0.4, 0.5) is 10.1 Å². The lowest BCUT2D eigenvalue weighted by molar-refractivity contribution is 0.0388. The van der Waals surface area contributed by atoms with E-state index in [9.17, 15) is 27.5 Å². The van der Waals surface area contributed by atoms with Crippen molar-refractivity contribution in [2.75, 3.05) is 32.1 Å². The number of aromatic nitrogens is 1. The first-order valence-corrected chi connectivity index (χ1v) is 16.6. The van der Waals surface area contributed by atoms with E-state index in [4.69, 9.17) is 4.74 Å². The Balaban J connectivity index is 1.47. The first-order chi connectivity index (χ1) is 21.5. The predicted molar refractivity (Wildman–Crippen MR) is 169 cm³/mol. The number of ether oxygens (including phenoxy) is 1. The van der Waals surface area contributed by atoms with Gasteiger partial charge in [-0.05, 0) is 55.5 Å². The van der Waals surface area contributed by atoms with Crippen LogP contribution in [0.2, 0.25) is 0 Å². The second-order valence-corrected chi connectivity index (χ2v) is 13.9. The zero-order valence-corrected chi connectivity index (χ0v) is 26.5. The first kappa shape index (κ1) is 32.2. The topological polar surface area (TPSA) is 129 Å². The monoisotopic (exact) mass is 652 g/mol. The molecule has 13 heteroatoms.